The molecule has 1 unspecified atom stereocenters. The number of rotatable bonds is 9. The van der Waals surface area contributed by atoms with Crippen LogP contribution >= 0.6 is 0 Å². The third-order valence-corrected chi connectivity index (χ3v) is 3.79. The molecule has 0 aromatic carbocycles. The Morgan fingerprint density at radius 3 is 2.22 bits per heavy atom. The fourth-order valence-electron chi connectivity index (χ4n) is 2.07. The summed E-state index contributed by atoms with van der Waals surface area (Å²) in [5, 5.41) is 6.61. The number of allylic oxidation sites excluding steroid dienone is 6. The van der Waals surface area contributed by atoms with E-state index < -0.39 is 0 Å². The number of aromatic nitrogens is 2. The average Bonchev–Trinajstić information content (AvgIpc) is 3.27. The molecular formula is C24H40N2O. The number of hydrogen-bond donors (Lipinski definition) is 1. The lowest BCUT2D eigenvalue weighted by molar-refractivity contribution is -0.0979. The highest BCUT2D eigenvalue weighted by Gasteiger charge is 2.00. The van der Waals surface area contributed by atoms with Crippen molar-refractivity contribution in [1.29, 1.82) is 0 Å². The van der Waals surface area contributed by atoms with Crippen LogP contribution < -0.4 is 0 Å². The highest BCUT2D eigenvalue weighted by atomic mass is 16.1. The summed E-state index contributed by atoms with van der Waals surface area (Å²) >= 11 is 0. The molecule has 0 fully saturated rings. The molecule has 1 heterocycles. The third kappa shape index (κ3) is 18.2. The first-order valence-corrected chi connectivity index (χ1v) is 9.49. The van der Waals surface area contributed by atoms with Gasteiger partial charge in [-0.25, -0.2) is 0 Å². The molecule has 1 atom stereocenters. The zero-order valence-electron chi connectivity index (χ0n) is 18.0. The molecule has 1 rings (SSSR count). The normalized spacial score (nSPS) is 11.0. The highest BCUT2D eigenvalue weighted by molar-refractivity contribution is 5.71. The Hall–Kier alpha value is -2.42. The zero-order chi connectivity index (χ0) is 21.5. The number of nitrogens with one attached hydrogen (secondary N) is 1. The molecule has 0 saturated heterocycles. The van der Waals surface area contributed by atoms with Crippen LogP contribution in [-0.2, 0) is 4.79 Å². The van der Waals surface area contributed by atoms with Gasteiger partial charge in [-0.1, -0.05) is 69.6 Å². The van der Waals surface area contributed by atoms with Gasteiger partial charge in [-0.05, 0) is 38.2 Å². The molecule has 0 aliphatic heterocycles. The SMILES string of the molecule is C=C.C=C(/C=C\C(C)=C/C)c1cn[nH]c1.C=CC(CCC)CCCC.C=O. The van der Waals surface area contributed by atoms with E-state index in [1.54, 1.807) is 6.20 Å². The van der Waals surface area contributed by atoms with Crippen LogP contribution in [0.25, 0.3) is 5.57 Å². The summed E-state index contributed by atoms with van der Waals surface area (Å²) in [6, 6.07) is 0. The van der Waals surface area contributed by atoms with Crippen LogP contribution in [0.2, 0.25) is 0 Å². The molecule has 27 heavy (non-hydrogen) atoms. The molecule has 0 radical (unpaired) electrons. The molecule has 0 amide bonds. The molecule has 0 aliphatic carbocycles. The Morgan fingerprint density at radius 1 is 1.19 bits per heavy atom. The van der Waals surface area contributed by atoms with Crippen LogP contribution in [0.3, 0.4) is 0 Å². The van der Waals surface area contributed by atoms with Gasteiger partial charge in [-0.15, -0.1) is 19.7 Å². The highest BCUT2D eigenvalue weighted by Crippen LogP contribution is 2.15. The van der Waals surface area contributed by atoms with E-state index in [1.165, 1.54) is 37.7 Å². The summed E-state index contributed by atoms with van der Waals surface area (Å²) in [5.74, 6) is 0.782. The predicted molar refractivity (Wildman–Crippen MR) is 123 cm³/mol. The molecule has 152 valence electrons. The van der Waals surface area contributed by atoms with Gasteiger partial charge in [0, 0.05) is 11.8 Å². The predicted octanol–water partition coefficient (Wildman–Crippen LogP) is 7.34. The summed E-state index contributed by atoms with van der Waals surface area (Å²) in [6.07, 6.45) is 18.4. The fourth-order valence-corrected chi connectivity index (χ4v) is 2.07. The molecule has 3 heteroatoms. The Balaban J connectivity index is -0.000000369. The number of carbonyl (C=O) groups excluding carboxylic acids is 1. The van der Waals surface area contributed by atoms with Crippen molar-refractivity contribution in [3.63, 3.8) is 0 Å². The number of H-pyrrole nitrogens is 1. The zero-order valence-corrected chi connectivity index (χ0v) is 18.0. The van der Waals surface area contributed by atoms with Crippen molar-refractivity contribution in [2.45, 2.75) is 59.8 Å². The van der Waals surface area contributed by atoms with Gasteiger partial charge < -0.3 is 4.79 Å². The van der Waals surface area contributed by atoms with Gasteiger partial charge in [0.05, 0.1) is 6.20 Å². The summed E-state index contributed by atoms with van der Waals surface area (Å²) in [5.41, 5.74) is 3.22. The lowest BCUT2D eigenvalue weighted by Gasteiger charge is -2.08. The van der Waals surface area contributed by atoms with Crippen LogP contribution in [-0.4, -0.2) is 17.0 Å². The minimum atomic E-state index is 0.782. The van der Waals surface area contributed by atoms with Crippen molar-refractivity contribution >= 4 is 12.4 Å². The second-order valence-electron chi connectivity index (χ2n) is 5.80. The van der Waals surface area contributed by atoms with E-state index in [4.69, 9.17) is 4.79 Å². The molecule has 0 saturated carbocycles. The quantitative estimate of drug-likeness (QED) is 0.364. The standard InChI is InChI=1S/C11H14N2.C10H20.C2H4.CH2O/c1-4-9(2)5-6-10(3)11-7-12-13-8-11;1-4-7-9-10(6-3)8-5-2;2*1-2/h4-8H,3H2,1-2H3,(H,12,13);6,10H,3-5,7-9H2,1-2H3;1-2H2;1H2/b6-5-,9-4-;;;. The van der Waals surface area contributed by atoms with E-state index in [0.717, 1.165) is 17.1 Å². The summed E-state index contributed by atoms with van der Waals surface area (Å²) in [6.45, 7) is 24.3. The average molecular weight is 373 g/mol. The fraction of sp³-hybridized carbons (Fsp3) is 0.417. The van der Waals surface area contributed by atoms with Gasteiger partial charge in [0.2, 0.25) is 0 Å². The lowest BCUT2D eigenvalue weighted by Crippen LogP contribution is -1.94. The van der Waals surface area contributed by atoms with Crippen LogP contribution in [0, 0.1) is 5.92 Å². The first-order valence-electron chi connectivity index (χ1n) is 9.49. The number of nitrogens with zero attached hydrogens (tertiary/aromatic N) is 1. The van der Waals surface area contributed by atoms with Crippen molar-refractivity contribution in [1.82, 2.24) is 10.2 Å². The minimum Gasteiger partial charge on any atom is -0.307 e. The third-order valence-electron chi connectivity index (χ3n) is 3.79. The number of unbranched alkanes of at least 4 members (excludes halogenated alkanes) is 1. The van der Waals surface area contributed by atoms with Crippen molar-refractivity contribution in [3.8, 4) is 0 Å². The summed E-state index contributed by atoms with van der Waals surface area (Å²) in [7, 11) is 0. The molecular weight excluding hydrogens is 332 g/mol. The maximum atomic E-state index is 8.00. The molecule has 1 N–H and O–H groups in total. The molecule has 0 aliphatic rings. The Labute approximate surface area is 167 Å². The summed E-state index contributed by atoms with van der Waals surface area (Å²) < 4.78 is 0. The molecule has 0 spiro atoms. The summed E-state index contributed by atoms with van der Waals surface area (Å²) in [4.78, 5) is 8.00. The van der Waals surface area contributed by atoms with Gasteiger partial charge in [-0.2, -0.15) is 5.10 Å². The molecule has 0 bridgehead atoms. The van der Waals surface area contributed by atoms with Crippen molar-refractivity contribution in [2.24, 2.45) is 5.92 Å². The smallest absolute Gasteiger partial charge is 0.106 e. The maximum absolute atomic E-state index is 8.00. The Morgan fingerprint density at radius 2 is 1.81 bits per heavy atom. The van der Waals surface area contributed by atoms with Crippen molar-refractivity contribution in [3.05, 3.63) is 74.2 Å². The molecule has 3 nitrogen and oxygen atoms in total. The van der Waals surface area contributed by atoms with Crippen LogP contribution in [0.15, 0.2) is 68.6 Å². The molecule has 1 aromatic rings. The maximum Gasteiger partial charge on any atom is 0.106 e. The Kier molecular flexibility index (Phi) is 25.6. The number of hydrogen-bond acceptors (Lipinski definition) is 2. The van der Waals surface area contributed by atoms with E-state index in [1.807, 2.05) is 32.1 Å². The van der Waals surface area contributed by atoms with Gasteiger partial charge in [0.25, 0.3) is 0 Å². The van der Waals surface area contributed by atoms with E-state index in [0.29, 0.717) is 0 Å². The van der Waals surface area contributed by atoms with Gasteiger partial charge in [-0.3, -0.25) is 5.10 Å². The topological polar surface area (TPSA) is 45.8 Å². The second-order valence-corrected chi connectivity index (χ2v) is 5.80. The Bertz CT molecular complexity index is 510. The first kappa shape index (κ1) is 29.3. The van der Waals surface area contributed by atoms with Gasteiger partial charge in [0.1, 0.15) is 6.79 Å². The molecule has 1 aromatic heterocycles. The number of carbonyl (C=O) groups is 1. The van der Waals surface area contributed by atoms with Crippen LogP contribution in [0.1, 0.15) is 65.4 Å². The minimum absolute atomic E-state index is 0.782. The van der Waals surface area contributed by atoms with Gasteiger partial charge in [0.15, 0.2) is 0 Å². The largest absolute Gasteiger partial charge is 0.307 e. The van der Waals surface area contributed by atoms with E-state index in [2.05, 4.69) is 69.4 Å². The first-order chi connectivity index (χ1) is 13.1. The van der Waals surface area contributed by atoms with Gasteiger partial charge >= 0.3 is 0 Å². The lowest BCUT2D eigenvalue weighted by atomic mass is 9.98. The number of aromatic amines is 1. The van der Waals surface area contributed by atoms with Crippen molar-refractivity contribution in [2.75, 3.05) is 0 Å². The van der Waals surface area contributed by atoms with E-state index >= 15 is 0 Å². The van der Waals surface area contributed by atoms with Crippen LogP contribution in [0.4, 0.5) is 0 Å². The van der Waals surface area contributed by atoms with Crippen LogP contribution in [0.5, 0.6) is 0 Å². The second kappa shape index (κ2) is 23.6. The van der Waals surface area contributed by atoms with E-state index in [-0.39, 0.29) is 0 Å². The van der Waals surface area contributed by atoms with E-state index in [9.17, 15) is 0 Å². The van der Waals surface area contributed by atoms with Crippen molar-refractivity contribution < 1.29 is 4.79 Å². The monoisotopic (exact) mass is 372 g/mol.